The van der Waals surface area contributed by atoms with E-state index in [1.165, 1.54) is 0 Å². The van der Waals surface area contributed by atoms with Gasteiger partial charge in [0.1, 0.15) is 5.60 Å². The van der Waals surface area contributed by atoms with Crippen molar-refractivity contribution < 1.29 is 38.0 Å². The second-order valence-corrected chi connectivity index (χ2v) is 7.87. The van der Waals surface area contributed by atoms with Crippen molar-refractivity contribution in [1.82, 2.24) is 5.32 Å². The maximum atomic E-state index is 11.4. The molecule has 0 radical (unpaired) electrons. The van der Waals surface area contributed by atoms with Gasteiger partial charge in [0, 0.05) is 11.0 Å². The molecule has 0 aliphatic carbocycles. The summed E-state index contributed by atoms with van der Waals surface area (Å²) in [5.41, 5.74) is -0.495. The Kier molecular flexibility index (Phi) is 20.8. The lowest BCUT2D eigenvalue weighted by Crippen LogP contribution is -2.34. The van der Waals surface area contributed by atoms with Crippen LogP contribution in [-0.4, -0.2) is 102 Å². The molecule has 174 valence electrons. The fourth-order valence-electron chi connectivity index (χ4n) is 1.80. The summed E-state index contributed by atoms with van der Waals surface area (Å²) in [6.07, 6.45) is -0.442. The first-order chi connectivity index (χ1) is 14.0. The monoisotopic (exact) mass is 535 g/mol. The summed E-state index contributed by atoms with van der Waals surface area (Å²) in [6.45, 7) is 12.4. The largest absolute Gasteiger partial charge is 0.444 e. The molecular formula is C19H38INO8. The van der Waals surface area contributed by atoms with Crippen molar-refractivity contribution in [3.63, 3.8) is 0 Å². The van der Waals surface area contributed by atoms with E-state index in [9.17, 15) is 4.79 Å². The van der Waals surface area contributed by atoms with Gasteiger partial charge in [-0.3, -0.25) is 0 Å². The standard InChI is InChI=1S/C19H38INO8/c1-19(2,3)29-18(22)21-5-7-24-9-11-26-13-15-28-17-16-27-14-12-25-10-8-23-6-4-20/h4-17H2,1-3H3,(H,21,22). The average Bonchev–Trinajstić information content (AvgIpc) is 2.65. The lowest BCUT2D eigenvalue weighted by molar-refractivity contribution is -0.0159. The van der Waals surface area contributed by atoms with Crippen LogP contribution in [0.4, 0.5) is 4.79 Å². The number of carbonyl (C=O) groups excluding carboxylic acids is 1. The van der Waals surface area contributed by atoms with Gasteiger partial charge in [0.2, 0.25) is 0 Å². The molecule has 0 heterocycles. The summed E-state index contributed by atoms with van der Waals surface area (Å²) in [7, 11) is 0. The van der Waals surface area contributed by atoms with Gasteiger partial charge in [-0.05, 0) is 20.8 Å². The van der Waals surface area contributed by atoms with E-state index in [2.05, 4.69) is 27.9 Å². The minimum atomic E-state index is -0.495. The lowest BCUT2D eigenvalue weighted by atomic mass is 10.2. The molecule has 0 rings (SSSR count). The Morgan fingerprint density at radius 1 is 0.655 bits per heavy atom. The van der Waals surface area contributed by atoms with Crippen LogP contribution in [0.5, 0.6) is 0 Å². The molecule has 10 heteroatoms. The van der Waals surface area contributed by atoms with E-state index >= 15 is 0 Å². The maximum absolute atomic E-state index is 11.4. The predicted octanol–water partition coefficient (Wildman–Crippen LogP) is 2.05. The van der Waals surface area contributed by atoms with Crippen LogP contribution in [0, 0.1) is 0 Å². The first kappa shape index (κ1) is 28.8. The highest BCUT2D eigenvalue weighted by atomic mass is 127. The molecule has 1 amide bonds. The second kappa shape index (κ2) is 21.0. The number of hydrogen-bond donors (Lipinski definition) is 1. The molecule has 0 fully saturated rings. The third-order valence-electron chi connectivity index (χ3n) is 3.00. The molecule has 0 bridgehead atoms. The van der Waals surface area contributed by atoms with Gasteiger partial charge in [-0.2, -0.15) is 0 Å². The van der Waals surface area contributed by atoms with Gasteiger partial charge in [-0.25, -0.2) is 4.79 Å². The van der Waals surface area contributed by atoms with E-state index in [0.717, 1.165) is 11.0 Å². The molecule has 0 saturated carbocycles. The Balaban J connectivity index is 3.11. The first-order valence-corrected chi connectivity index (χ1v) is 11.5. The van der Waals surface area contributed by atoms with E-state index in [0.29, 0.717) is 79.2 Å². The van der Waals surface area contributed by atoms with Crippen molar-refractivity contribution in [3.8, 4) is 0 Å². The average molecular weight is 535 g/mol. The van der Waals surface area contributed by atoms with Gasteiger partial charge >= 0.3 is 6.09 Å². The SMILES string of the molecule is CC(C)(C)OC(=O)NCCOCCOCCOCCOCCOCCOCCI. The van der Waals surface area contributed by atoms with Gasteiger partial charge < -0.3 is 38.5 Å². The van der Waals surface area contributed by atoms with Crippen molar-refractivity contribution in [3.05, 3.63) is 0 Å². The zero-order valence-electron chi connectivity index (χ0n) is 18.0. The summed E-state index contributed by atoms with van der Waals surface area (Å²) < 4.78 is 38.3. The summed E-state index contributed by atoms with van der Waals surface area (Å²) in [4.78, 5) is 11.4. The normalized spacial score (nSPS) is 11.6. The Hall–Kier alpha value is -0.240. The van der Waals surface area contributed by atoms with Gasteiger partial charge in [0.15, 0.2) is 0 Å². The summed E-state index contributed by atoms with van der Waals surface area (Å²) in [6, 6.07) is 0. The maximum Gasteiger partial charge on any atom is 0.407 e. The van der Waals surface area contributed by atoms with E-state index < -0.39 is 11.7 Å². The van der Waals surface area contributed by atoms with E-state index in [-0.39, 0.29) is 0 Å². The molecule has 1 N–H and O–H groups in total. The molecule has 0 aromatic rings. The van der Waals surface area contributed by atoms with E-state index in [1.54, 1.807) is 0 Å². The second-order valence-electron chi connectivity index (χ2n) is 6.79. The first-order valence-electron chi connectivity index (χ1n) is 9.95. The topological polar surface area (TPSA) is 93.7 Å². The molecule has 0 saturated heterocycles. The smallest absolute Gasteiger partial charge is 0.407 e. The van der Waals surface area contributed by atoms with Crippen LogP contribution in [0.3, 0.4) is 0 Å². The van der Waals surface area contributed by atoms with Crippen LogP contribution in [0.15, 0.2) is 0 Å². The molecule has 9 nitrogen and oxygen atoms in total. The highest BCUT2D eigenvalue weighted by Gasteiger charge is 2.15. The molecule has 0 aliphatic heterocycles. The van der Waals surface area contributed by atoms with Crippen molar-refractivity contribution in [2.75, 3.05) is 90.3 Å². The number of carbonyl (C=O) groups is 1. The van der Waals surface area contributed by atoms with Crippen LogP contribution >= 0.6 is 22.6 Å². The third kappa shape index (κ3) is 25.7. The van der Waals surface area contributed by atoms with Gasteiger partial charge in [0.25, 0.3) is 0 Å². The highest BCUT2D eigenvalue weighted by Crippen LogP contribution is 2.05. The van der Waals surface area contributed by atoms with Gasteiger partial charge in [-0.1, -0.05) is 22.6 Å². The molecule has 0 aromatic carbocycles. The van der Waals surface area contributed by atoms with Crippen LogP contribution in [0.1, 0.15) is 20.8 Å². The number of alkyl carbamates (subject to hydrolysis) is 1. The van der Waals surface area contributed by atoms with Gasteiger partial charge in [-0.15, -0.1) is 0 Å². The minimum Gasteiger partial charge on any atom is -0.444 e. The fourth-order valence-corrected chi connectivity index (χ4v) is 2.11. The molecule has 29 heavy (non-hydrogen) atoms. The van der Waals surface area contributed by atoms with E-state index in [4.69, 9.17) is 33.2 Å². The third-order valence-corrected chi connectivity index (χ3v) is 3.44. The highest BCUT2D eigenvalue weighted by molar-refractivity contribution is 14.1. The number of nitrogens with one attached hydrogen (secondary N) is 1. The van der Waals surface area contributed by atoms with Crippen molar-refractivity contribution in [1.29, 1.82) is 0 Å². The number of amides is 1. The van der Waals surface area contributed by atoms with Crippen molar-refractivity contribution in [2.24, 2.45) is 0 Å². The lowest BCUT2D eigenvalue weighted by Gasteiger charge is -2.19. The predicted molar refractivity (Wildman–Crippen MR) is 118 cm³/mol. The van der Waals surface area contributed by atoms with Gasteiger partial charge in [0.05, 0.1) is 79.3 Å². The molecule has 0 aliphatic rings. The molecule has 0 unspecified atom stereocenters. The Labute approximate surface area is 188 Å². The number of rotatable bonds is 20. The summed E-state index contributed by atoms with van der Waals surface area (Å²) in [5, 5.41) is 2.62. The molecule has 0 atom stereocenters. The Morgan fingerprint density at radius 2 is 1.00 bits per heavy atom. The zero-order valence-corrected chi connectivity index (χ0v) is 20.2. The van der Waals surface area contributed by atoms with E-state index in [1.807, 2.05) is 20.8 Å². The van der Waals surface area contributed by atoms with Crippen LogP contribution in [-0.2, 0) is 33.2 Å². The van der Waals surface area contributed by atoms with Crippen LogP contribution in [0.25, 0.3) is 0 Å². The van der Waals surface area contributed by atoms with Crippen molar-refractivity contribution in [2.45, 2.75) is 26.4 Å². The molecule has 0 aromatic heterocycles. The Bertz CT molecular complexity index is 369. The summed E-state index contributed by atoms with van der Waals surface area (Å²) in [5.74, 6) is 0. The number of hydrogen-bond acceptors (Lipinski definition) is 8. The van der Waals surface area contributed by atoms with Crippen molar-refractivity contribution >= 4 is 28.7 Å². The number of alkyl halides is 1. The quantitative estimate of drug-likeness (QED) is 0.144. The molecule has 0 spiro atoms. The van der Waals surface area contributed by atoms with Crippen LogP contribution in [0.2, 0.25) is 0 Å². The molecular weight excluding hydrogens is 497 g/mol. The number of halogens is 1. The zero-order chi connectivity index (χ0) is 21.6. The summed E-state index contributed by atoms with van der Waals surface area (Å²) >= 11 is 2.27. The number of ether oxygens (including phenoxy) is 7. The van der Waals surface area contributed by atoms with Crippen LogP contribution < -0.4 is 5.32 Å². The minimum absolute atomic E-state index is 0.398. The Morgan fingerprint density at radius 3 is 1.34 bits per heavy atom. The fraction of sp³-hybridized carbons (Fsp3) is 0.947.